The Hall–Kier alpha value is -1.82. The van der Waals surface area contributed by atoms with E-state index in [1.54, 1.807) is 18.5 Å². The first-order valence-electron chi connectivity index (χ1n) is 7.94. The van der Waals surface area contributed by atoms with Crippen LogP contribution in [0.25, 0.3) is 11.2 Å². The average molecular weight is 379 g/mol. The van der Waals surface area contributed by atoms with Crippen LogP contribution in [0.2, 0.25) is 0 Å². The second-order valence-corrected chi connectivity index (χ2v) is 7.93. The number of hydrogen-bond acceptors (Lipinski definition) is 7. The molecule has 132 valence electrons. The molecule has 9 nitrogen and oxygen atoms in total. The van der Waals surface area contributed by atoms with Gasteiger partial charge in [-0.1, -0.05) is 18.5 Å². The zero-order chi connectivity index (χ0) is 17.2. The third kappa shape index (κ3) is 3.89. The van der Waals surface area contributed by atoms with Crippen LogP contribution in [0.15, 0.2) is 18.5 Å². The van der Waals surface area contributed by atoms with E-state index in [0.717, 1.165) is 37.3 Å². The van der Waals surface area contributed by atoms with Gasteiger partial charge in [0.25, 0.3) is 0 Å². The fraction of sp³-hybridized carbons (Fsp3) is 0.429. The van der Waals surface area contributed by atoms with Crippen molar-refractivity contribution in [3.05, 3.63) is 18.5 Å². The molecule has 1 saturated heterocycles. The first kappa shape index (κ1) is 16.6. The molecule has 4 rings (SSSR count). The van der Waals surface area contributed by atoms with Crippen LogP contribution < -0.4 is 10.1 Å². The number of nitrogens with one attached hydrogen (secondary N) is 2. The molecule has 25 heavy (non-hydrogen) atoms. The highest BCUT2D eigenvalue weighted by Gasteiger charge is 2.18. The Bertz CT molecular complexity index is 860. The van der Waals surface area contributed by atoms with Crippen LogP contribution in [0.3, 0.4) is 0 Å². The number of fused-ring (bicyclic) bond motifs is 1. The van der Waals surface area contributed by atoms with Crippen LogP contribution in [0.5, 0.6) is 5.88 Å². The van der Waals surface area contributed by atoms with E-state index in [4.69, 9.17) is 9.47 Å². The maximum Gasteiger partial charge on any atom is 0.212 e. The van der Waals surface area contributed by atoms with E-state index < -0.39 is 0 Å². The smallest absolute Gasteiger partial charge is 0.212 e. The lowest BCUT2D eigenvalue weighted by molar-refractivity contribution is 0.182. The normalized spacial score (nSPS) is 17.5. The lowest BCUT2D eigenvalue weighted by atomic mass is 10.1. The van der Waals surface area contributed by atoms with Gasteiger partial charge in [0.2, 0.25) is 5.88 Å². The van der Waals surface area contributed by atoms with Crippen molar-refractivity contribution in [1.82, 2.24) is 29.9 Å². The number of aromatic nitrogens is 6. The summed E-state index contributed by atoms with van der Waals surface area (Å²) in [6, 6.07) is 1.76. The van der Waals surface area contributed by atoms with Gasteiger partial charge >= 0.3 is 0 Å². The van der Waals surface area contributed by atoms with Crippen molar-refractivity contribution in [2.75, 3.05) is 18.5 Å². The van der Waals surface area contributed by atoms with Crippen molar-refractivity contribution < 1.29 is 9.47 Å². The highest BCUT2D eigenvalue weighted by molar-refractivity contribution is 7.37. The zero-order valence-electron chi connectivity index (χ0n) is 13.4. The zero-order valence-corrected chi connectivity index (χ0v) is 15.7. The summed E-state index contributed by atoms with van der Waals surface area (Å²) in [7, 11) is 5.06. The van der Waals surface area contributed by atoms with E-state index in [2.05, 4.69) is 49.1 Å². The Labute approximate surface area is 148 Å². The molecule has 2 unspecified atom stereocenters. The predicted octanol–water partition coefficient (Wildman–Crippen LogP) is 1.74. The Balaban J connectivity index is 1.52. The molecule has 0 bridgehead atoms. The minimum absolute atomic E-state index is 0.0849. The second-order valence-electron chi connectivity index (χ2n) is 5.85. The molecule has 3 aromatic rings. The molecule has 0 amide bonds. The number of H-pyrrole nitrogens is 1. The molecule has 0 aliphatic carbocycles. The summed E-state index contributed by atoms with van der Waals surface area (Å²) in [6.45, 7) is 2.38. The van der Waals surface area contributed by atoms with Crippen LogP contribution in [0.1, 0.15) is 6.42 Å². The molecule has 1 aliphatic heterocycles. The Kier molecular flexibility index (Phi) is 4.79. The SMILES string of the molecule is PC(P)Oc1cc(Nc2cnc3cnn(C[C@H]4CCOC4)c3n2)n[nH]1. The van der Waals surface area contributed by atoms with Crippen LogP contribution >= 0.6 is 18.5 Å². The summed E-state index contributed by atoms with van der Waals surface area (Å²) >= 11 is 0. The topological polar surface area (TPSA) is 103 Å². The van der Waals surface area contributed by atoms with Crippen molar-refractivity contribution in [3.8, 4) is 5.88 Å². The van der Waals surface area contributed by atoms with Gasteiger partial charge in [-0.3, -0.25) is 0 Å². The van der Waals surface area contributed by atoms with Crippen LogP contribution in [0, 0.1) is 5.92 Å². The fourth-order valence-corrected chi connectivity index (χ4v) is 3.01. The lowest BCUT2D eigenvalue weighted by Crippen LogP contribution is -2.12. The van der Waals surface area contributed by atoms with E-state index >= 15 is 0 Å². The maximum absolute atomic E-state index is 5.49. The molecular weight excluding hydrogens is 360 g/mol. The van der Waals surface area contributed by atoms with Gasteiger partial charge in [0.05, 0.1) is 19.0 Å². The van der Waals surface area contributed by atoms with E-state index in [9.17, 15) is 0 Å². The monoisotopic (exact) mass is 379 g/mol. The average Bonchev–Trinajstić information content (AvgIpc) is 3.30. The second kappa shape index (κ2) is 7.20. The molecule has 0 aromatic carbocycles. The molecule has 0 radical (unpaired) electrons. The number of hydrogen-bond donors (Lipinski definition) is 2. The Morgan fingerprint density at radius 3 is 3.12 bits per heavy atom. The fourth-order valence-electron chi connectivity index (χ4n) is 2.72. The minimum Gasteiger partial charge on any atom is -0.467 e. The number of nitrogens with zero attached hydrogens (tertiary/aromatic N) is 5. The first-order chi connectivity index (χ1) is 12.2. The molecule has 2 N–H and O–H groups in total. The van der Waals surface area contributed by atoms with Crippen molar-refractivity contribution in [2.45, 2.75) is 18.6 Å². The van der Waals surface area contributed by atoms with Gasteiger partial charge in [-0.15, -0.1) is 0 Å². The third-order valence-electron chi connectivity index (χ3n) is 3.87. The number of aromatic amines is 1. The van der Waals surface area contributed by atoms with Crippen molar-refractivity contribution in [1.29, 1.82) is 0 Å². The molecule has 1 aliphatic rings. The summed E-state index contributed by atoms with van der Waals surface area (Å²) in [4.78, 5) is 9.04. The van der Waals surface area contributed by atoms with Crippen LogP contribution in [-0.4, -0.2) is 48.7 Å². The highest BCUT2D eigenvalue weighted by atomic mass is 31.1. The van der Waals surface area contributed by atoms with Gasteiger partial charge in [0.15, 0.2) is 17.3 Å². The molecule has 1 fully saturated rings. The van der Waals surface area contributed by atoms with E-state index in [0.29, 0.717) is 23.4 Å². The highest BCUT2D eigenvalue weighted by Crippen LogP contribution is 2.22. The first-order valence-corrected chi connectivity index (χ1v) is 9.27. The predicted molar refractivity (Wildman–Crippen MR) is 100.0 cm³/mol. The van der Waals surface area contributed by atoms with Gasteiger partial charge < -0.3 is 14.8 Å². The van der Waals surface area contributed by atoms with Gasteiger partial charge in [-0.05, 0) is 6.42 Å². The van der Waals surface area contributed by atoms with E-state index in [-0.39, 0.29) is 5.59 Å². The molecule has 0 saturated carbocycles. The largest absolute Gasteiger partial charge is 0.467 e. The maximum atomic E-state index is 5.49. The Morgan fingerprint density at radius 1 is 1.40 bits per heavy atom. The summed E-state index contributed by atoms with van der Waals surface area (Å²) in [5, 5.41) is 14.5. The molecule has 4 heterocycles. The minimum atomic E-state index is -0.0849. The quantitative estimate of drug-likeness (QED) is 0.629. The lowest BCUT2D eigenvalue weighted by Gasteiger charge is -2.08. The molecular formula is C14H19N7O2P2. The third-order valence-corrected chi connectivity index (χ3v) is 4.15. The van der Waals surface area contributed by atoms with Gasteiger partial charge in [0, 0.05) is 25.1 Å². The number of anilines is 2. The number of ether oxygens (including phenoxy) is 2. The standard InChI is InChI=1S/C14H19N7O2P2/c24-14(25)23-12-3-10(19-20-12)17-11-5-15-9-4-16-21(13(9)18-11)6-8-1-2-22-7-8/h3-5,8,14H,1-2,6-7,24-25H2,(H2,17,18,19,20)/t8-/m1/s1. The van der Waals surface area contributed by atoms with Crippen LogP contribution in [0.4, 0.5) is 11.6 Å². The van der Waals surface area contributed by atoms with Crippen molar-refractivity contribution in [2.24, 2.45) is 5.92 Å². The van der Waals surface area contributed by atoms with E-state index in [1.807, 2.05) is 4.68 Å². The van der Waals surface area contributed by atoms with Gasteiger partial charge in [-0.2, -0.15) is 10.2 Å². The summed E-state index contributed by atoms with van der Waals surface area (Å²) in [6.07, 6.45) is 4.45. The summed E-state index contributed by atoms with van der Waals surface area (Å²) in [5.41, 5.74) is 1.43. The number of rotatable bonds is 6. The summed E-state index contributed by atoms with van der Waals surface area (Å²) in [5.74, 6) is 2.25. The van der Waals surface area contributed by atoms with Crippen molar-refractivity contribution in [3.63, 3.8) is 0 Å². The molecule has 3 atom stereocenters. The molecule has 3 aromatic heterocycles. The summed E-state index contributed by atoms with van der Waals surface area (Å²) < 4.78 is 12.8. The Morgan fingerprint density at radius 2 is 2.32 bits per heavy atom. The van der Waals surface area contributed by atoms with Crippen molar-refractivity contribution >= 4 is 41.3 Å². The van der Waals surface area contributed by atoms with E-state index in [1.165, 1.54) is 0 Å². The molecule has 11 heteroatoms. The van der Waals surface area contributed by atoms with Gasteiger partial charge in [-0.25, -0.2) is 19.7 Å². The van der Waals surface area contributed by atoms with Crippen LogP contribution in [-0.2, 0) is 11.3 Å². The molecule has 0 spiro atoms. The van der Waals surface area contributed by atoms with Gasteiger partial charge in [0.1, 0.15) is 11.1 Å².